The highest BCUT2D eigenvalue weighted by molar-refractivity contribution is 5.98. The third-order valence-corrected chi connectivity index (χ3v) is 4.08. The molecule has 0 aliphatic carbocycles. The molecule has 0 bridgehead atoms. The van der Waals surface area contributed by atoms with Gasteiger partial charge in [0.05, 0.1) is 0 Å². The summed E-state index contributed by atoms with van der Waals surface area (Å²) in [5, 5.41) is 9.42. The Labute approximate surface area is 111 Å². The van der Waals surface area contributed by atoms with Gasteiger partial charge in [-0.2, -0.15) is 0 Å². The van der Waals surface area contributed by atoms with Crippen molar-refractivity contribution in [2.24, 2.45) is 5.92 Å². The average Bonchev–Trinajstić information content (AvgIpc) is 2.90. The van der Waals surface area contributed by atoms with Crippen LogP contribution in [0.4, 0.5) is 5.69 Å². The number of ether oxygens (including phenoxy) is 2. The second kappa shape index (κ2) is 4.13. The molecule has 0 saturated carbocycles. The molecule has 2 heterocycles. The second-order valence-corrected chi connectivity index (χ2v) is 5.50. The number of nitrogens with zero attached hydrogens (tertiary/aromatic N) is 1. The summed E-state index contributed by atoms with van der Waals surface area (Å²) in [7, 11) is 0. The van der Waals surface area contributed by atoms with Crippen molar-refractivity contribution in [1.29, 1.82) is 0 Å². The number of carbonyl (C=O) groups is 1. The molecule has 0 spiro atoms. The van der Waals surface area contributed by atoms with Crippen LogP contribution in [0, 0.1) is 5.92 Å². The molecule has 0 aromatic heterocycles. The molecule has 1 unspecified atom stereocenters. The fourth-order valence-electron chi connectivity index (χ4n) is 2.84. The molecule has 1 saturated heterocycles. The summed E-state index contributed by atoms with van der Waals surface area (Å²) in [6.45, 7) is 4.18. The minimum atomic E-state index is -0.403. The fraction of sp³-hybridized carbons (Fsp3) is 0.500. The van der Waals surface area contributed by atoms with E-state index in [2.05, 4.69) is 0 Å². The first-order chi connectivity index (χ1) is 9.04. The number of fused-ring (bicyclic) bond motifs is 1. The highest BCUT2D eigenvalue weighted by Gasteiger charge is 2.46. The summed E-state index contributed by atoms with van der Waals surface area (Å²) < 4.78 is 10.6. The SMILES string of the molecule is CC1(C)C(CO)CC(=O)N1c1ccc2c(c1)OCO2. The molecule has 102 valence electrons. The van der Waals surface area contributed by atoms with E-state index in [0.29, 0.717) is 17.9 Å². The second-order valence-electron chi connectivity index (χ2n) is 5.50. The predicted octanol–water partition coefficient (Wildman–Crippen LogP) is 1.54. The van der Waals surface area contributed by atoms with Gasteiger partial charge in [-0.25, -0.2) is 0 Å². The lowest BCUT2D eigenvalue weighted by atomic mass is 9.89. The van der Waals surface area contributed by atoms with E-state index in [1.165, 1.54) is 0 Å². The van der Waals surface area contributed by atoms with Gasteiger partial charge in [0.2, 0.25) is 12.7 Å². The molecule has 1 aromatic carbocycles. The van der Waals surface area contributed by atoms with Crippen LogP contribution >= 0.6 is 0 Å². The zero-order valence-electron chi connectivity index (χ0n) is 11.0. The maximum atomic E-state index is 12.2. The lowest BCUT2D eigenvalue weighted by Gasteiger charge is -2.35. The molecule has 0 radical (unpaired) electrons. The lowest BCUT2D eigenvalue weighted by Crippen LogP contribution is -2.45. The Kier molecular flexibility index (Phi) is 2.67. The summed E-state index contributed by atoms with van der Waals surface area (Å²) >= 11 is 0. The van der Waals surface area contributed by atoms with Crippen LogP contribution in [-0.2, 0) is 4.79 Å². The Bertz CT molecular complexity index is 526. The minimum Gasteiger partial charge on any atom is -0.454 e. The number of amides is 1. The van der Waals surface area contributed by atoms with Crippen LogP contribution < -0.4 is 14.4 Å². The highest BCUT2D eigenvalue weighted by Crippen LogP contribution is 2.42. The molecule has 5 nitrogen and oxygen atoms in total. The van der Waals surface area contributed by atoms with Gasteiger partial charge in [-0.15, -0.1) is 0 Å². The van der Waals surface area contributed by atoms with E-state index in [-0.39, 0.29) is 25.2 Å². The van der Waals surface area contributed by atoms with E-state index in [1.54, 1.807) is 4.90 Å². The largest absolute Gasteiger partial charge is 0.454 e. The van der Waals surface area contributed by atoms with Crippen molar-refractivity contribution in [3.63, 3.8) is 0 Å². The zero-order chi connectivity index (χ0) is 13.6. The molecule has 1 amide bonds. The van der Waals surface area contributed by atoms with Gasteiger partial charge in [-0.3, -0.25) is 4.79 Å². The number of anilines is 1. The normalized spacial score (nSPS) is 24.1. The Morgan fingerprint density at radius 1 is 1.37 bits per heavy atom. The van der Waals surface area contributed by atoms with Gasteiger partial charge in [0.1, 0.15) is 0 Å². The Morgan fingerprint density at radius 2 is 2.11 bits per heavy atom. The molecule has 1 N–H and O–H groups in total. The topological polar surface area (TPSA) is 59.0 Å². The smallest absolute Gasteiger partial charge is 0.231 e. The first kappa shape index (κ1) is 12.3. The van der Waals surface area contributed by atoms with E-state index in [0.717, 1.165) is 5.69 Å². The number of carbonyl (C=O) groups excluding carboxylic acids is 1. The molecule has 19 heavy (non-hydrogen) atoms. The Balaban J connectivity index is 1.99. The average molecular weight is 263 g/mol. The van der Waals surface area contributed by atoms with Crippen LogP contribution in [0.25, 0.3) is 0 Å². The summed E-state index contributed by atoms with van der Waals surface area (Å²) in [6.07, 6.45) is 0.373. The summed E-state index contributed by atoms with van der Waals surface area (Å²) in [4.78, 5) is 13.9. The van der Waals surface area contributed by atoms with Crippen molar-refractivity contribution in [3.8, 4) is 11.5 Å². The van der Waals surface area contributed by atoms with Gasteiger partial charge in [-0.05, 0) is 26.0 Å². The highest BCUT2D eigenvalue weighted by atomic mass is 16.7. The molecule has 5 heteroatoms. The van der Waals surface area contributed by atoms with Crippen molar-refractivity contribution >= 4 is 11.6 Å². The standard InChI is InChI=1S/C14H17NO4/c1-14(2)9(7-16)5-13(17)15(14)10-3-4-11-12(6-10)19-8-18-11/h3-4,6,9,16H,5,7-8H2,1-2H3. The molecular weight excluding hydrogens is 246 g/mol. The van der Waals surface area contributed by atoms with Crippen LogP contribution in [0.3, 0.4) is 0 Å². The monoisotopic (exact) mass is 263 g/mol. The molecule has 2 aliphatic heterocycles. The Hall–Kier alpha value is -1.75. The van der Waals surface area contributed by atoms with Crippen LogP contribution in [0.5, 0.6) is 11.5 Å². The number of hydrogen-bond acceptors (Lipinski definition) is 4. The maximum absolute atomic E-state index is 12.2. The van der Waals surface area contributed by atoms with Gasteiger partial charge in [0, 0.05) is 36.2 Å². The quantitative estimate of drug-likeness (QED) is 0.879. The van der Waals surface area contributed by atoms with Gasteiger partial charge >= 0.3 is 0 Å². The first-order valence-electron chi connectivity index (χ1n) is 6.37. The van der Waals surface area contributed by atoms with Gasteiger partial charge < -0.3 is 19.5 Å². The molecule has 1 aromatic rings. The fourth-order valence-corrected chi connectivity index (χ4v) is 2.84. The van der Waals surface area contributed by atoms with Crippen molar-refractivity contribution in [2.45, 2.75) is 25.8 Å². The lowest BCUT2D eigenvalue weighted by molar-refractivity contribution is -0.117. The summed E-state index contributed by atoms with van der Waals surface area (Å²) in [5.41, 5.74) is 0.384. The number of aliphatic hydroxyl groups is 1. The van der Waals surface area contributed by atoms with Crippen molar-refractivity contribution < 1.29 is 19.4 Å². The van der Waals surface area contributed by atoms with Crippen molar-refractivity contribution in [1.82, 2.24) is 0 Å². The molecule has 3 rings (SSSR count). The van der Waals surface area contributed by atoms with E-state index in [9.17, 15) is 9.90 Å². The van der Waals surface area contributed by atoms with Crippen LogP contribution in [0.15, 0.2) is 18.2 Å². The van der Waals surface area contributed by atoms with Gasteiger partial charge in [-0.1, -0.05) is 0 Å². The maximum Gasteiger partial charge on any atom is 0.231 e. The molecular formula is C14H17NO4. The van der Waals surface area contributed by atoms with Crippen molar-refractivity contribution in [2.75, 3.05) is 18.3 Å². The van der Waals surface area contributed by atoms with Crippen molar-refractivity contribution in [3.05, 3.63) is 18.2 Å². The number of aliphatic hydroxyl groups excluding tert-OH is 1. The van der Waals surface area contributed by atoms with Crippen LogP contribution in [0.1, 0.15) is 20.3 Å². The predicted molar refractivity (Wildman–Crippen MR) is 69.3 cm³/mol. The minimum absolute atomic E-state index is 0.0137. The van der Waals surface area contributed by atoms with Gasteiger partial charge in [0.25, 0.3) is 0 Å². The molecule has 1 fully saturated rings. The summed E-state index contributed by atoms with van der Waals surface area (Å²) in [5.74, 6) is 1.34. The molecule has 2 aliphatic rings. The Morgan fingerprint density at radius 3 is 2.79 bits per heavy atom. The van der Waals surface area contributed by atoms with E-state index >= 15 is 0 Å². The van der Waals surface area contributed by atoms with Gasteiger partial charge in [0.15, 0.2) is 11.5 Å². The summed E-state index contributed by atoms with van der Waals surface area (Å²) in [6, 6.07) is 5.49. The van der Waals surface area contributed by atoms with E-state index < -0.39 is 5.54 Å². The van der Waals surface area contributed by atoms with E-state index in [4.69, 9.17) is 9.47 Å². The number of benzene rings is 1. The molecule has 1 atom stereocenters. The number of hydrogen-bond donors (Lipinski definition) is 1. The number of rotatable bonds is 2. The van der Waals surface area contributed by atoms with E-state index in [1.807, 2.05) is 32.0 Å². The zero-order valence-corrected chi connectivity index (χ0v) is 11.0. The van der Waals surface area contributed by atoms with Crippen LogP contribution in [0.2, 0.25) is 0 Å². The third-order valence-electron chi connectivity index (χ3n) is 4.08. The first-order valence-corrected chi connectivity index (χ1v) is 6.37. The third kappa shape index (κ3) is 1.76. The van der Waals surface area contributed by atoms with Crippen LogP contribution in [-0.4, -0.2) is 30.0 Å².